The molecule has 0 atom stereocenters. The number of benzene rings is 1. The third kappa shape index (κ3) is 5.71. The smallest absolute Gasteiger partial charge is 0.258 e. The van der Waals surface area contributed by atoms with Crippen LogP contribution in [0.1, 0.15) is 18.9 Å². The standard InChI is InChI=1S/C14H21N3O3/c1-2-7-16-13(18)9-17-14(19)10-20-12-6-4-3-5-11(12)8-15/h3-6H,2,7-10,15H2,1H3,(H,16,18)(H,17,19). The summed E-state index contributed by atoms with van der Waals surface area (Å²) >= 11 is 0. The van der Waals surface area contributed by atoms with Gasteiger partial charge in [-0.1, -0.05) is 25.1 Å². The number of ether oxygens (including phenoxy) is 1. The molecule has 0 saturated carbocycles. The van der Waals surface area contributed by atoms with Crippen LogP contribution in [0.2, 0.25) is 0 Å². The molecule has 1 aromatic carbocycles. The average Bonchev–Trinajstić information content (AvgIpc) is 2.48. The van der Waals surface area contributed by atoms with E-state index in [4.69, 9.17) is 10.5 Å². The van der Waals surface area contributed by atoms with E-state index in [-0.39, 0.29) is 25.0 Å². The van der Waals surface area contributed by atoms with Gasteiger partial charge in [-0.05, 0) is 12.5 Å². The topological polar surface area (TPSA) is 93.5 Å². The molecule has 0 spiro atoms. The van der Waals surface area contributed by atoms with Crippen molar-refractivity contribution in [2.75, 3.05) is 19.7 Å². The Kier molecular flexibility index (Phi) is 7.13. The normalized spacial score (nSPS) is 9.90. The Morgan fingerprint density at radius 2 is 1.95 bits per heavy atom. The van der Waals surface area contributed by atoms with Gasteiger partial charge in [-0.2, -0.15) is 0 Å². The zero-order valence-corrected chi connectivity index (χ0v) is 11.6. The summed E-state index contributed by atoms with van der Waals surface area (Å²) in [6.45, 7) is 2.73. The molecule has 0 unspecified atom stereocenters. The van der Waals surface area contributed by atoms with Crippen molar-refractivity contribution >= 4 is 11.8 Å². The molecule has 0 radical (unpaired) electrons. The lowest BCUT2D eigenvalue weighted by atomic mass is 10.2. The van der Waals surface area contributed by atoms with Crippen LogP contribution in [-0.2, 0) is 16.1 Å². The summed E-state index contributed by atoms with van der Waals surface area (Å²) < 4.78 is 5.38. The van der Waals surface area contributed by atoms with E-state index in [1.54, 1.807) is 6.07 Å². The fraction of sp³-hybridized carbons (Fsp3) is 0.429. The molecule has 0 aliphatic heterocycles. The van der Waals surface area contributed by atoms with Gasteiger partial charge in [0.05, 0.1) is 6.54 Å². The van der Waals surface area contributed by atoms with Crippen molar-refractivity contribution in [3.05, 3.63) is 29.8 Å². The van der Waals surface area contributed by atoms with E-state index in [9.17, 15) is 9.59 Å². The third-order valence-corrected chi connectivity index (χ3v) is 2.57. The molecule has 4 N–H and O–H groups in total. The second kappa shape index (κ2) is 8.92. The summed E-state index contributed by atoms with van der Waals surface area (Å²) in [5.41, 5.74) is 6.40. The summed E-state index contributed by atoms with van der Waals surface area (Å²) in [5.74, 6) is 0.0339. The molecule has 0 fully saturated rings. The summed E-state index contributed by atoms with van der Waals surface area (Å²) in [7, 11) is 0. The number of nitrogens with one attached hydrogen (secondary N) is 2. The lowest BCUT2D eigenvalue weighted by Crippen LogP contribution is -2.39. The van der Waals surface area contributed by atoms with Gasteiger partial charge >= 0.3 is 0 Å². The van der Waals surface area contributed by atoms with Crippen molar-refractivity contribution in [3.8, 4) is 5.75 Å². The molecule has 0 aliphatic carbocycles. The second-order valence-electron chi connectivity index (χ2n) is 4.23. The van der Waals surface area contributed by atoms with Gasteiger partial charge in [-0.3, -0.25) is 9.59 Å². The van der Waals surface area contributed by atoms with E-state index in [0.717, 1.165) is 12.0 Å². The second-order valence-corrected chi connectivity index (χ2v) is 4.23. The first-order chi connectivity index (χ1) is 9.67. The maximum absolute atomic E-state index is 11.5. The van der Waals surface area contributed by atoms with Crippen LogP contribution in [0.4, 0.5) is 0 Å². The quantitative estimate of drug-likeness (QED) is 0.632. The number of hydrogen-bond acceptors (Lipinski definition) is 4. The Labute approximate surface area is 118 Å². The van der Waals surface area contributed by atoms with Crippen molar-refractivity contribution in [2.45, 2.75) is 19.9 Å². The molecule has 20 heavy (non-hydrogen) atoms. The molecule has 1 aromatic rings. The molecular formula is C14H21N3O3. The summed E-state index contributed by atoms with van der Waals surface area (Å²) in [5, 5.41) is 5.16. The molecule has 0 aliphatic rings. The van der Waals surface area contributed by atoms with Gasteiger partial charge < -0.3 is 21.1 Å². The first-order valence-corrected chi connectivity index (χ1v) is 6.61. The van der Waals surface area contributed by atoms with Crippen LogP contribution in [0.15, 0.2) is 24.3 Å². The predicted octanol–water partition coefficient (Wildman–Crippen LogP) is 0.167. The van der Waals surface area contributed by atoms with Crippen LogP contribution in [0.5, 0.6) is 5.75 Å². The number of para-hydroxylation sites is 1. The number of amides is 2. The number of hydrogen-bond donors (Lipinski definition) is 3. The molecular weight excluding hydrogens is 258 g/mol. The van der Waals surface area contributed by atoms with E-state index < -0.39 is 0 Å². The van der Waals surface area contributed by atoms with Gasteiger partial charge in [0.2, 0.25) is 5.91 Å². The van der Waals surface area contributed by atoms with Gasteiger partial charge in [0.1, 0.15) is 5.75 Å². The highest BCUT2D eigenvalue weighted by atomic mass is 16.5. The number of rotatable bonds is 8. The van der Waals surface area contributed by atoms with Crippen LogP contribution in [0, 0.1) is 0 Å². The van der Waals surface area contributed by atoms with E-state index in [0.29, 0.717) is 18.8 Å². The maximum atomic E-state index is 11.5. The first-order valence-electron chi connectivity index (χ1n) is 6.61. The van der Waals surface area contributed by atoms with Gasteiger partial charge in [-0.25, -0.2) is 0 Å². The molecule has 0 bridgehead atoms. The van der Waals surface area contributed by atoms with Crippen LogP contribution < -0.4 is 21.1 Å². The van der Waals surface area contributed by atoms with Crippen molar-refractivity contribution in [1.82, 2.24) is 10.6 Å². The molecule has 1 rings (SSSR count). The van der Waals surface area contributed by atoms with Crippen LogP contribution >= 0.6 is 0 Å². The Bertz CT molecular complexity index is 449. The highest BCUT2D eigenvalue weighted by Gasteiger charge is 2.07. The molecule has 0 saturated heterocycles. The Balaban J connectivity index is 2.31. The van der Waals surface area contributed by atoms with Crippen molar-refractivity contribution in [2.24, 2.45) is 5.73 Å². The minimum absolute atomic E-state index is 0.0409. The average molecular weight is 279 g/mol. The zero-order valence-electron chi connectivity index (χ0n) is 11.6. The molecule has 6 nitrogen and oxygen atoms in total. The van der Waals surface area contributed by atoms with Crippen LogP contribution in [0.25, 0.3) is 0 Å². The van der Waals surface area contributed by atoms with Gasteiger partial charge in [0.15, 0.2) is 6.61 Å². The number of carbonyl (C=O) groups is 2. The Morgan fingerprint density at radius 1 is 1.20 bits per heavy atom. The number of nitrogens with two attached hydrogens (primary N) is 1. The highest BCUT2D eigenvalue weighted by Crippen LogP contribution is 2.16. The fourth-order valence-electron chi connectivity index (χ4n) is 1.51. The predicted molar refractivity (Wildman–Crippen MR) is 76.1 cm³/mol. The largest absolute Gasteiger partial charge is 0.483 e. The number of carbonyl (C=O) groups excluding carboxylic acids is 2. The molecule has 0 heterocycles. The van der Waals surface area contributed by atoms with E-state index in [1.165, 1.54) is 0 Å². The summed E-state index contributed by atoms with van der Waals surface area (Å²) in [6.07, 6.45) is 0.860. The lowest BCUT2D eigenvalue weighted by molar-refractivity contribution is -0.127. The van der Waals surface area contributed by atoms with Gasteiger partial charge in [0, 0.05) is 18.7 Å². The Morgan fingerprint density at radius 3 is 2.65 bits per heavy atom. The maximum Gasteiger partial charge on any atom is 0.258 e. The van der Waals surface area contributed by atoms with Gasteiger partial charge in [0.25, 0.3) is 5.91 Å². The molecule has 0 aromatic heterocycles. The van der Waals surface area contributed by atoms with Crippen LogP contribution in [-0.4, -0.2) is 31.5 Å². The lowest BCUT2D eigenvalue weighted by Gasteiger charge is -2.10. The summed E-state index contributed by atoms with van der Waals surface area (Å²) in [4.78, 5) is 22.8. The van der Waals surface area contributed by atoms with Crippen molar-refractivity contribution < 1.29 is 14.3 Å². The van der Waals surface area contributed by atoms with Crippen molar-refractivity contribution in [3.63, 3.8) is 0 Å². The van der Waals surface area contributed by atoms with E-state index >= 15 is 0 Å². The minimum Gasteiger partial charge on any atom is -0.483 e. The fourth-order valence-corrected chi connectivity index (χ4v) is 1.51. The van der Waals surface area contributed by atoms with Crippen LogP contribution in [0.3, 0.4) is 0 Å². The van der Waals surface area contributed by atoms with E-state index in [2.05, 4.69) is 10.6 Å². The minimum atomic E-state index is -0.344. The van der Waals surface area contributed by atoms with E-state index in [1.807, 2.05) is 25.1 Å². The SMILES string of the molecule is CCCNC(=O)CNC(=O)COc1ccccc1CN. The third-order valence-electron chi connectivity index (χ3n) is 2.57. The zero-order chi connectivity index (χ0) is 14.8. The molecule has 2 amide bonds. The summed E-state index contributed by atoms with van der Waals surface area (Å²) in [6, 6.07) is 7.26. The van der Waals surface area contributed by atoms with Crippen molar-refractivity contribution in [1.29, 1.82) is 0 Å². The molecule has 110 valence electrons. The highest BCUT2D eigenvalue weighted by molar-refractivity contribution is 5.85. The Hall–Kier alpha value is -2.08. The first kappa shape index (κ1) is 16.0. The molecule has 6 heteroatoms. The monoisotopic (exact) mass is 279 g/mol. The van der Waals surface area contributed by atoms with Gasteiger partial charge in [-0.15, -0.1) is 0 Å².